The Morgan fingerprint density at radius 2 is 1.95 bits per heavy atom. The van der Waals surface area contributed by atoms with Gasteiger partial charge in [-0.2, -0.15) is 0 Å². The highest BCUT2D eigenvalue weighted by Crippen LogP contribution is 2.45. The molecule has 4 atom stereocenters. The third-order valence-electron chi connectivity index (χ3n) is 5.31. The van der Waals surface area contributed by atoms with Gasteiger partial charge in [-0.1, -0.05) is 27.7 Å². The predicted octanol–water partition coefficient (Wildman–Crippen LogP) is 2.02. The fraction of sp³-hybridized carbons (Fsp3) is 0.875. The molecule has 1 rings (SSSR count). The van der Waals surface area contributed by atoms with E-state index in [0.717, 1.165) is 12.8 Å². The van der Waals surface area contributed by atoms with Crippen molar-refractivity contribution in [1.29, 1.82) is 0 Å². The molecule has 0 saturated heterocycles. The summed E-state index contributed by atoms with van der Waals surface area (Å²) in [5.41, 5.74) is -0.313. The number of rotatable bonds is 6. The minimum absolute atomic E-state index is 0.00303. The van der Waals surface area contributed by atoms with Crippen LogP contribution in [0.15, 0.2) is 0 Å². The van der Waals surface area contributed by atoms with E-state index >= 15 is 0 Å². The average Bonchev–Trinajstić information content (AvgIpc) is 2.40. The fourth-order valence-corrected chi connectivity index (χ4v) is 3.11. The van der Waals surface area contributed by atoms with E-state index in [1.54, 1.807) is 0 Å². The smallest absolute Gasteiger partial charge is 0.307 e. The van der Waals surface area contributed by atoms with Crippen LogP contribution < -0.4 is 10.6 Å². The molecule has 0 aliphatic heterocycles. The zero-order valence-corrected chi connectivity index (χ0v) is 13.9. The summed E-state index contributed by atoms with van der Waals surface area (Å²) in [5, 5.41) is 15.6. The number of hydrogen-bond donors (Lipinski definition) is 3. The quantitative estimate of drug-likeness (QED) is 0.701. The lowest BCUT2D eigenvalue weighted by atomic mass is 9.61. The van der Waals surface area contributed by atoms with Crippen LogP contribution in [-0.4, -0.2) is 35.6 Å². The first-order chi connectivity index (χ1) is 9.70. The molecule has 0 aromatic rings. The monoisotopic (exact) mass is 298 g/mol. The Bertz CT molecular complexity index is 382. The van der Waals surface area contributed by atoms with Crippen molar-refractivity contribution in [3.05, 3.63) is 0 Å². The SMILES string of the molecule is CCC(C)NCC(=O)NC1CCC(C(=O)O)C(C)(C)C1C. The molecular weight excluding hydrogens is 268 g/mol. The lowest BCUT2D eigenvalue weighted by molar-refractivity contribution is -0.150. The number of hydrogen-bond acceptors (Lipinski definition) is 3. The van der Waals surface area contributed by atoms with Crippen LogP contribution >= 0.6 is 0 Å². The van der Waals surface area contributed by atoms with Crippen LogP contribution in [0.2, 0.25) is 0 Å². The normalized spacial score (nSPS) is 29.7. The number of carboxylic acid groups (broad SMARTS) is 1. The third kappa shape index (κ3) is 4.43. The van der Waals surface area contributed by atoms with Crippen molar-refractivity contribution < 1.29 is 14.7 Å². The molecule has 0 aromatic carbocycles. The molecule has 3 N–H and O–H groups in total. The molecular formula is C16H30N2O3. The molecule has 1 saturated carbocycles. The molecule has 122 valence electrons. The van der Waals surface area contributed by atoms with Crippen LogP contribution in [0.4, 0.5) is 0 Å². The van der Waals surface area contributed by atoms with Crippen molar-refractivity contribution in [1.82, 2.24) is 10.6 Å². The van der Waals surface area contributed by atoms with Gasteiger partial charge in [-0.15, -0.1) is 0 Å². The molecule has 0 aromatic heterocycles. The molecule has 1 aliphatic carbocycles. The van der Waals surface area contributed by atoms with Crippen LogP contribution in [0.5, 0.6) is 0 Å². The second-order valence-corrected chi connectivity index (χ2v) is 6.94. The molecule has 5 heteroatoms. The molecule has 0 spiro atoms. The zero-order valence-electron chi connectivity index (χ0n) is 13.9. The van der Waals surface area contributed by atoms with Gasteiger partial charge in [-0.25, -0.2) is 0 Å². The number of carbonyl (C=O) groups is 2. The van der Waals surface area contributed by atoms with Gasteiger partial charge in [0.1, 0.15) is 0 Å². The average molecular weight is 298 g/mol. The first-order valence-corrected chi connectivity index (χ1v) is 7.95. The summed E-state index contributed by atoms with van der Waals surface area (Å²) < 4.78 is 0. The molecule has 1 amide bonds. The second-order valence-electron chi connectivity index (χ2n) is 6.94. The Kier molecular flexibility index (Phi) is 6.20. The second kappa shape index (κ2) is 7.25. The van der Waals surface area contributed by atoms with Crippen molar-refractivity contribution in [3.63, 3.8) is 0 Å². The van der Waals surface area contributed by atoms with E-state index in [1.165, 1.54) is 0 Å². The molecule has 5 nitrogen and oxygen atoms in total. The van der Waals surface area contributed by atoms with Gasteiger partial charge in [0, 0.05) is 12.1 Å². The maximum atomic E-state index is 12.0. The van der Waals surface area contributed by atoms with Gasteiger partial charge in [-0.3, -0.25) is 9.59 Å². The van der Waals surface area contributed by atoms with Gasteiger partial charge in [0.25, 0.3) is 0 Å². The van der Waals surface area contributed by atoms with Crippen molar-refractivity contribution in [2.75, 3.05) is 6.54 Å². The van der Waals surface area contributed by atoms with Gasteiger partial charge in [0.05, 0.1) is 12.5 Å². The summed E-state index contributed by atoms with van der Waals surface area (Å²) in [6, 6.07) is 0.384. The van der Waals surface area contributed by atoms with Crippen molar-refractivity contribution >= 4 is 11.9 Å². The van der Waals surface area contributed by atoms with Crippen LogP contribution in [0.1, 0.15) is 53.9 Å². The number of aliphatic carboxylic acids is 1. The molecule has 21 heavy (non-hydrogen) atoms. The van der Waals surface area contributed by atoms with Crippen LogP contribution in [0, 0.1) is 17.3 Å². The Morgan fingerprint density at radius 3 is 2.48 bits per heavy atom. The third-order valence-corrected chi connectivity index (χ3v) is 5.31. The minimum Gasteiger partial charge on any atom is -0.481 e. The molecule has 0 radical (unpaired) electrons. The Labute approximate surface area is 127 Å². The van der Waals surface area contributed by atoms with Crippen molar-refractivity contribution in [2.45, 2.75) is 66.0 Å². The Balaban J connectivity index is 2.58. The number of carbonyl (C=O) groups excluding carboxylic acids is 1. The van der Waals surface area contributed by atoms with E-state index in [-0.39, 0.29) is 29.2 Å². The number of carboxylic acids is 1. The Hall–Kier alpha value is -1.10. The van der Waals surface area contributed by atoms with Gasteiger partial charge in [-0.05, 0) is 37.5 Å². The van der Waals surface area contributed by atoms with Gasteiger partial charge in [0.2, 0.25) is 5.91 Å². The highest BCUT2D eigenvalue weighted by atomic mass is 16.4. The molecule has 1 fully saturated rings. The summed E-state index contributed by atoms with van der Waals surface area (Å²) in [6.45, 7) is 10.5. The number of nitrogens with one attached hydrogen (secondary N) is 2. The van der Waals surface area contributed by atoms with E-state index in [1.807, 2.05) is 20.8 Å². The van der Waals surface area contributed by atoms with Crippen molar-refractivity contribution in [3.8, 4) is 0 Å². The van der Waals surface area contributed by atoms with Gasteiger partial charge in [0.15, 0.2) is 0 Å². The van der Waals surface area contributed by atoms with Gasteiger partial charge < -0.3 is 15.7 Å². The van der Waals surface area contributed by atoms with E-state index < -0.39 is 5.97 Å². The lowest BCUT2D eigenvalue weighted by Gasteiger charge is -2.46. The number of amides is 1. The fourth-order valence-electron chi connectivity index (χ4n) is 3.11. The summed E-state index contributed by atoms with van der Waals surface area (Å²) in [4.78, 5) is 23.4. The first-order valence-electron chi connectivity index (χ1n) is 7.95. The largest absolute Gasteiger partial charge is 0.481 e. The first kappa shape index (κ1) is 18.0. The zero-order chi connectivity index (χ0) is 16.2. The van der Waals surface area contributed by atoms with E-state index in [4.69, 9.17) is 0 Å². The highest BCUT2D eigenvalue weighted by molar-refractivity contribution is 5.78. The van der Waals surface area contributed by atoms with E-state index in [2.05, 4.69) is 24.5 Å². The molecule has 0 bridgehead atoms. The lowest BCUT2D eigenvalue weighted by Crippen LogP contribution is -2.53. The van der Waals surface area contributed by atoms with Crippen LogP contribution in [0.3, 0.4) is 0 Å². The molecule has 4 unspecified atom stereocenters. The predicted molar refractivity (Wildman–Crippen MR) is 83.0 cm³/mol. The molecule has 0 heterocycles. The van der Waals surface area contributed by atoms with E-state index in [0.29, 0.717) is 19.0 Å². The summed E-state index contributed by atoms with van der Waals surface area (Å²) in [7, 11) is 0. The maximum Gasteiger partial charge on any atom is 0.307 e. The molecule has 1 aliphatic rings. The Morgan fingerprint density at radius 1 is 1.33 bits per heavy atom. The summed E-state index contributed by atoms with van der Waals surface area (Å²) in [5.74, 6) is -0.925. The van der Waals surface area contributed by atoms with Crippen LogP contribution in [-0.2, 0) is 9.59 Å². The summed E-state index contributed by atoms with van der Waals surface area (Å²) >= 11 is 0. The highest BCUT2D eigenvalue weighted by Gasteiger charge is 2.46. The van der Waals surface area contributed by atoms with Crippen LogP contribution in [0.25, 0.3) is 0 Å². The van der Waals surface area contributed by atoms with Gasteiger partial charge >= 0.3 is 5.97 Å². The van der Waals surface area contributed by atoms with E-state index in [9.17, 15) is 14.7 Å². The maximum absolute atomic E-state index is 12.0. The van der Waals surface area contributed by atoms with Crippen molar-refractivity contribution in [2.24, 2.45) is 17.3 Å². The summed E-state index contributed by atoms with van der Waals surface area (Å²) in [6.07, 6.45) is 2.34. The minimum atomic E-state index is -0.727. The standard InChI is InChI=1S/C16H30N2O3/c1-6-10(2)17-9-14(19)18-13-8-7-12(15(20)21)16(4,5)11(13)3/h10-13,17H,6-9H2,1-5H3,(H,18,19)(H,20,21). The topological polar surface area (TPSA) is 78.4 Å².